The molecule has 1 aliphatic rings. The van der Waals surface area contributed by atoms with Crippen LogP contribution >= 0.6 is 0 Å². The van der Waals surface area contributed by atoms with Crippen molar-refractivity contribution in [3.63, 3.8) is 0 Å². The highest BCUT2D eigenvalue weighted by Gasteiger charge is 2.11. The number of rotatable bonds is 7. The van der Waals surface area contributed by atoms with Gasteiger partial charge in [0.15, 0.2) is 0 Å². The molecule has 1 fully saturated rings. The highest BCUT2D eigenvalue weighted by molar-refractivity contribution is 5.78. The SMILES string of the molecule is CCN(CC)C(=O)CNCCN1CCOCC1. The van der Waals surface area contributed by atoms with E-state index in [4.69, 9.17) is 4.74 Å². The van der Waals surface area contributed by atoms with E-state index in [2.05, 4.69) is 10.2 Å². The van der Waals surface area contributed by atoms with Crippen molar-refractivity contribution in [2.75, 3.05) is 59.0 Å². The number of amides is 1. The van der Waals surface area contributed by atoms with E-state index in [9.17, 15) is 4.79 Å². The molecule has 0 bridgehead atoms. The van der Waals surface area contributed by atoms with Crippen LogP contribution in [0.3, 0.4) is 0 Å². The lowest BCUT2D eigenvalue weighted by Crippen LogP contribution is -2.43. The van der Waals surface area contributed by atoms with Crippen LogP contribution in [0.4, 0.5) is 0 Å². The van der Waals surface area contributed by atoms with Gasteiger partial charge in [0.1, 0.15) is 0 Å². The van der Waals surface area contributed by atoms with E-state index >= 15 is 0 Å². The molecule has 0 aromatic rings. The fraction of sp³-hybridized carbons (Fsp3) is 0.917. The number of likely N-dealkylation sites (N-methyl/N-ethyl adjacent to an activating group) is 1. The Morgan fingerprint density at radius 2 is 1.94 bits per heavy atom. The van der Waals surface area contributed by atoms with Gasteiger partial charge in [0.2, 0.25) is 5.91 Å². The van der Waals surface area contributed by atoms with Crippen LogP contribution in [-0.4, -0.2) is 74.7 Å². The summed E-state index contributed by atoms with van der Waals surface area (Å²) in [6.07, 6.45) is 0. The summed E-state index contributed by atoms with van der Waals surface area (Å²) in [6, 6.07) is 0. The van der Waals surface area contributed by atoms with E-state index in [1.807, 2.05) is 18.7 Å². The van der Waals surface area contributed by atoms with Crippen molar-refractivity contribution in [2.24, 2.45) is 0 Å². The maximum Gasteiger partial charge on any atom is 0.236 e. The summed E-state index contributed by atoms with van der Waals surface area (Å²) in [5.74, 6) is 0.192. The molecule has 0 unspecified atom stereocenters. The Bertz CT molecular complexity index is 214. The fourth-order valence-electron chi connectivity index (χ4n) is 1.95. The van der Waals surface area contributed by atoms with Crippen LogP contribution < -0.4 is 5.32 Å². The Labute approximate surface area is 104 Å². The summed E-state index contributed by atoms with van der Waals surface area (Å²) in [4.78, 5) is 15.9. The number of hydrogen-bond donors (Lipinski definition) is 1. The first kappa shape index (κ1) is 14.4. The van der Waals surface area contributed by atoms with Crippen LogP contribution in [0.15, 0.2) is 0 Å². The summed E-state index contributed by atoms with van der Waals surface area (Å²) < 4.78 is 5.28. The van der Waals surface area contributed by atoms with E-state index in [1.165, 1.54) is 0 Å². The molecule has 0 aromatic heterocycles. The average Bonchev–Trinajstić information content (AvgIpc) is 2.37. The van der Waals surface area contributed by atoms with E-state index in [-0.39, 0.29) is 5.91 Å². The maximum atomic E-state index is 11.7. The van der Waals surface area contributed by atoms with E-state index < -0.39 is 0 Å². The fourth-order valence-corrected chi connectivity index (χ4v) is 1.95. The van der Waals surface area contributed by atoms with Gasteiger partial charge in [-0.3, -0.25) is 9.69 Å². The predicted octanol–water partition coefficient (Wildman–Crippen LogP) is -0.223. The molecule has 1 heterocycles. The number of carbonyl (C=O) groups excluding carboxylic acids is 1. The van der Waals surface area contributed by atoms with E-state index in [1.54, 1.807) is 0 Å². The summed E-state index contributed by atoms with van der Waals surface area (Å²) in [6.45, 7) is 11.6. The smallest absolute Gasteiger partial charge is 0.236 e. The van der Waals surface area contributed by atoms with Crippen molar-refractivity contribution >= 4 is 5.91 Å². The Kier molecular flexibility index (Phi) is 7.16. The monoisotopic (exact) mass is 243 g/mol. The van der Waals surface area contributed by atoms with E-state index in [0.29, 0.717) is 6.54 Å². The summed E-state index contributed by atoms with van der Waals surface area (Å²) in [5.41, 5.74) is 0. The molecule has 1 saturated heterocycles. The highest BCUT2D eigenvalue weighted by atomic mass is 16.5. The topological polar surface area (TPSA) is 44.8 Å². The molecular weight excluding hydrogens is 218 g/mol. The van der Waals surface area contributed by atoms with Gasteiger partial charge in [0.25, 0.3) is 0 Å². The minimum absolute atomic E-state index is 0.192. The molecule has 1 amide bonds. The van der Waals surface area contributed by atoms with Gasteiger partial charge in [-0.1, -0.05) is 0 Å². The highest BCUT2D eigenvalue weighted by Crippen LogP contribution is 1.94. The second-order valence-corrected chi connectivity index (χ2v) is 4.20. The Morgan fingerprint density at radius 3 is 2.53 bits per heavy atom. The number of nitrogens with one attached hydrogen (secondary N) is 1. The van der Waals surface area contributed by atoms with Gasteiger partial charge in [0.05, 0.1) is 19.8 Å². The van der Waals surface area contributed by atoms with Crippen molar-refractivity contribution in [3.05, 3.63) is 0 Å². The average molecular weight is 243 g/mol. The first-order valence-corrected chi connectivity index (χ1v) is 6.56. The van der Waals surface area contributed by atoms with Gasteiger partial charge < -0.3 is 15.0 Å². The molecule has 0 saturated carbocycles. The lowest BCUT2D eigenvalue weighted by atomic mass is 10.4. The Hall–Kier alpha value is -0.650. The largest absolute Gasteiger partial charge is 0.379 e. The number of hydrogen-bond acceptors (Lipinski definition) is 4. The first-order chi connectivity index (χ1) is 8.27. The second-order valence-electron chi connectivity index (χ2n) is 4.20. The van der Waals surface area contributed by atoms with Gasteiger partial charge in [-0.2, -0.15) is 0 Å². The van der Waals surface area contributed by atoms with Crippen molar-refractivity contribution < 1.29 is 9.53 Å². The lowest BCUT2D eigenvalue weighted by Gasteiger charge is -2.26. The van der Waals surface area contributed by atoms with Gasteiger partial charge in [-0.05, 0) is 13.8 Å². The van der Waals surface area contributed by atoms with Gasteiger partial charge in [0, 0.05) is 39.3 Å². The third kappa shape index (κ3) is 5.48. The molecule has 1 rings (SSSR count). The van der Waals surface area contributed by atoms with Crippen LogP contribution in [0.1, 0.15) is 13.8 Å². The minimum Gasteiger partial charge on any atom is -0.379 e. The molecule has 1 N–H and O–H groups in total. The molecule has 0 radical (unpaired) electrons. The van der Waals surface area contributed by atoms with Gasteiger partial charge in [-0.15, -0.1) is 0 Å². The van der Waals surface area contributed by atoms with Gasteiger partial charge in [-0.25, -0.2) is 0 Å². The molecule has 5 heteroatoms. The zero-order chi connectivity index (χ0) is 12.5. The number of nitrogens with zero attached hydrogens (tertiary/aromatic N) is 2. The van der Waals surface area contributed by atoms with Crippen LogP contribution in [0.5, 0.6) is 0 Å². The van der Waals surface area contributed by atoms with Crippen LogP contribution in [-0.2, 0) is 9.53 Å². The predicted molar refractivity (Wildman–Crippen MR) is 68.1 cm³/mol. The van der Waals surface area contributed by atoms with Gasteiger partial charge >= 0.3 is 0 Å². The molecule has 0 aliphatic carbocycles. The number of morpholine rings is 1. The first-order valence-electron chi connectivity index (χ1n) is 6.56. The summed E-state index contributed by atoms with van der Waals surface area (Å²) in [5, 5.41) is 3.21. The lowest BCUT2D eigenvalue weighted by molar-refractivity contribution is -0.129. The normalized spacial score (nSPS) is 17.1. The molecule has 17 heavy (non-hydrogen) atoms. The molecule has 100 valence electrons. The van der Waals surface area contributed by atoms with Crippen molar-refractivity contribution in [1.29, 1.82) is 0 Å². The molecule has 5 nitrogen and oxygen atoms in total. The second kappa shape index (κ2) is 8.44. The number of carbonyl (C=O) groups is 1. The molecule has 0 atom stereocenters. The van der Waals surface area contributed by atoms with E-state index in [0.717, 1.165) is 52.5 Å². The minimum atomic E-state index is 0.192. The van der Waals surface area contributed by atoms with Crippen LogP contribution in [0.2, 0.25) is 0 Å². The standard InChI is InChI=1S/C12H25N3O2/c1-3-15(4-2)12(16)11-13-5-6-14-7-9-17-10-8-14/h13H,3-11H2,1-2H3. The Balaban J connectivity index is 2.04. The zero-order valence-corrected chi connectivity index (χ0v) is 11.1. The zero-order valence-electron chi connectivity index (χ0n) is 11.1. The van der Waals surface area contributed by atoms with Crippen LogP contribution in [0.25, 0.3) is 0 Å². The Morgan fingerprint density at radius 1 is 1.29 bits per heavy atom. The number of ether oxygens (including phenoxy) is 1. The van der Waals surface area contributed by atoms with Crippen molar-refractivity contribution in [3.8, 4) is 0 Å². The third-order valence-electron chi connectivity index (χ3n) is 3.10. The molecule has 0 aromatic carbocycles. The summed E-state index contributed by atoms with van der Waals surface area (Å²) >= 11 is 0. The molecule has 1 aliphatic heterocycles. The summed E-state index contributed by atoms with van der Waals surface area (Å²) in [7, 11) is 0. The quantitative estimate of drug-likeness (QED) is 0.628. The van der Waals surface area contributed by atoms with Crippen molar-refractivity contribution in [2.45, 2.75) is 13.8 Å². The third-order valence-corrected chi connectivity index (χ3v) is 3.10. The molecule has 0 spiro atoms. The van der Waals surface area contributed by atoms with Crippen LogP contribution in [0, 0.1) is 0 Å². The van der Waals surface area contributed by atoms with Crippen molar-refractivity contribution in [1.82, 2.24) is 15.1 Å². The maximum absolute atomic E-state index is 11.7. The molecular formula is C12H25N3O2.